The molecule has 1 heterocycles. The van der Waals surface area contributed by atoms with Crippen LogP contribution in [0, 0.1) is 0 Å². The molecular formula is C23H24O6. The molecule has 0 radical (unpaired) electrons. The van der Waals surface area contributed by atoms with E-state index in [1.54, 1.807) is 37.5 Å². The largest absolute Gasteiger partial charge is 0.506 e. The van der Waals surface area contributed by atoms with Gasteiger partial charge in [0.2, 0.25) is 0 Å². The highest BCUT2D eigenvalue weighted by molar-refractivity contribution is 6.11. The van der Waals surface area contributed by atoms with Gasteiger partial charge in [-0.05, 0) is 49.8 Å². The third-order valence-electron chi connectivity index (χ3n) is 4.41. The van der Waals surface area contributed by atoms with Crippen LogP contribution in [0.1, 0.15) is 35.3 Å². The van der Waals surface area contributed by atoms with E-state index in [1.165, 1.54) is 13.2 Å². The Labute approximate surface area is 170 Å². The average Bonchev–Trinajstić information content (AvgIpc) is 2.70. The van der Waals surface area contributed by atoms with Crippen molar-refractivity contribution >= 4 is 17.9 Å². The first-order chi connectivity index (χ1) is 13.8. The molecule has 0 aromatic heterocycles. The van der Waals surface area contributed by atoms with Crippen molar-refractivity contribution in [1.82, 2.24) is 0 Å². The second-order valence-corrected chi connectivity index (χ2v) is 7.07. The lowest BCUT2D eigenvalue weighted by Gasteiger charge is -2.29. The fourth-order valence-corrected chi connectivity index (χ4v) is 2.94. The Bertz CT molecular complexity index is 954. The molecule has 152 valence electrons. The van der Waals surface area contributed by atoms with Gasteiger partial charge in [-0.1, -0.05) is 18.2 Å². The number of ether oxygens (including phenoxy) is 4. The number of aromatic hydroxyl groups is 1. The van der Waals surface area contributed by atoms with Crippen molar-refractivity contribution < 1.29 is 28.8 Å². The number of ketones is 1. The fraction of sp³-hybridized carbons (Fsp3) is 0.261. The summed E-state index contributed by atoms with van der Waals surface area (Å²) in [5.74, 6) is 0.854. The number of rotatable bonds is 7. The van der Waals surface area contributed by atoms with Crippen molar-refractivity contribution in [2.45, 2.75) is 19.4 Å². The van der Waals surface area contributed by atoms with E-state index in [0.717, 1.165) is 5.56 Å². The minimum atomic E-state index is -0.505. The van der Waals surface area contributed by atoms with E-state index in [4.69, 9.17) is 18.9 Å². The van der Waals surface area contributed by atoms with E-state index in [-0.39, 0.29) is 29.6 Å². The molecule has 29 heavy (non-hydrogen) atoms. The standard InChI is InChI=1S/C23H24O6/c1-23(2)12-11-17-19(29-23)13-20(27-4)21(22(17)25)18(24)10-7-15-5-8-16(9-6-15)28-14-26-3/h5-13,25H,14H2,1-4H3/b10-7+. The Balaban J connectivity index is 1.86. The molecule has 0 saturated carbocycles. The van der Waals surface area contributed by atoms with Crippen molar-refractivity contribution in [3.63, 3.8) is 0 Å². The Morgan fingerprint density at radius 2 is 1.93 bits per heavy atom. The van der Waals surface area contributed by atoms with Crippen LogP contribution in [0.25, 0.3) is 12.2 Å². The fourth-order valence-electron chi connectivity index (χ4n) is 2.94. The number of carbonyl (C=O) groups excluding carboxylic acids is 1. The summed E-state index contributed by atoms with van der Waals surface area (Å²) in [4.78, 5) is 12.8. The van der Waals surface area contributed by atoms with Crippen LogP contribution in [-0.4, -0.2) is 37.5 Å². The lowest BCUT2D eigenvalue weighted by Crippen LogP contribution is -2.27. The molecule has 1 N–H and O–H groups in total. The minimum absolute atomic E-state index is 0.0931. The Morgan fingerprint density at radius 3 is 2.59 bits per heavy atom. The second kappa shape index (κ2) is 8.41. The Hall–Kier alpha value is -3.25. The molecule has 0 unspecified atom stereocenters. The van der Waals surface area contributed by atoms with E-state index < -0.39 is 5.60 Å². The molecular weight excluding hydrogens is 372 g/mol. The lowest BCUT2D eigenvalue weighted by atomic mass is 9.97. The number of methoxy groups -OCH3 is 2. The van der Waals surface area contributed by atoms with Crippen LogP contribution >= 0.6 is 0 Å². The first kappa shape index (κ1) is 20.5. The van der Waals surface area contributed by atoms with Crippen molar-refractivity contribution in [2.75, 3.05) is 21.0 Å². The maximum absolute atomic E-state index is 12.8. The van der Waals surface area contributed by atoms with Crippen molar-refractivity contribution in [1.29, 1.82) is 0 Å². The van der Waals surface area contributed by atoms with Gasteiger partial charge in [-0.3, -0.25) is 4.79 Å². The maximum atomic E-state index is 12.8. The predicted molar refractivity (Wildman–Crippen MR) is 111 cm³/mol. The third kappa shape index (κ3) is 4.60. The molecule has 0 amide bonds. The number of phenolic OH excluding ortho intramolecular Hbond substituents is 1. The summed E-state index contributed by atoms with van der Waals surface area (Å²) < 4.78 is 21.4. The molecule has 0 fully saturated rings. The van der Waals surface area contributed by atoms with Crippen LogP contribution in [-0.2, 0) is 4.74 Å². The SMILES string of the molecule is COCOc1ccc(/C=C/C(=O)c2c(OC)cc3c(c2O)C=CC(C)(C)O3)cc1. The third-order valence-corrected chi connectivity index (χ3v) is 4.41. The highest BCUT2D eigenvalue weighted by Gasteiger charge is 2.28. The van der Waals surface area contributed by atoms with Gasteiger partial charge < -0.3 is 24.1 Å². The van der Waals surface area contributed by atoms with Crippen LogP contribution in [0.15, 0.2) is 42.5 Å². The molecule has 0 aliphatic carbocycles. The van der Waals surface area contributed by atoms with Gasteiger partial charge in [0, 0.05) is 13.2 Å². The molecule has 0 bridgehead atoms. The number of carbonyl (C=O) groups is 1. The van der Waals surface area contributed by atoms with E-state index in [0.29, 0.717) is 17.1 Å². The monoisotopic (exact) mass is 396 g/mol. The number of hydrogen-bond donors (Lipinski definition) is 1. The van der Waals surface area contributed by atoms with E-state index in [2.05, 4.69) is 0 Å². The van der Waals surface area contributed by atoms with Gasteiger partial charge in [0.05, 0.1) is 12.7 Å². The van der Waals surface area contributed by atoms with Crippen LogP contribution in [0.2, 0.25) is 0 Å². The summed E-state index contributed by atoms with van der Waals surface area (Å²) in [6.07, 6.45) is 6.65. The van der Waals surface area contributed by atoms with Gasteiger partial charge in [0.25, 0.3) is 0 Å². The molecule has 3 rings (SSSR count). The molecule has 1 aliphatic heterocycles. The van der Waals surface area contributed by atoms with Crippen LogP contribution in [0.5, 0.6) is 23.0 Å². The molecule has 1 aliphatic rings. The van der Waals surface area contributed by atoms with Gasteiger partial charge in [-0.2, -0.15) is 0 Å². The quantitative estimate of drug-likeness (QED) is 0.423. The maximum Gasteiger partial charge on any atom is 0.193 e. The highest BCUT2D eigenvalue weighted by Crippen LogP contribution is 2.43. The number of phenols is 1. The van der Waals surface area contributed by atoms with Gasteiger partial charge >= 0.3 is 0 Å². The normalized spacial score (nSPS) is 14.3. The topological polar surface area (TPSA) is 74.2 Å². The zero-order valence-electron chi connectivity index (χ0n) is 16.9. The Morgan fingerprint density at radius 1 is 1.21 bits per heavy atom. The molecule has 0 spiro atoms. The summed E-state index contributed by atoms with van der Waals surface area (Å²) in [6.45, 7) is 3.98. The van der Waals surface area contributed by atoms with Gasteiger partial charge in [-0.15, -0.1) is 0 Å². The number of benzene rings is 2. The van der Waals surface area contributed by atoms with Crippen molar-refractivity contribution in [3.05, 3.63) is 59.2 Å². The second-order valence-electron chi connectivity index (χ2n) is 7.07. The smallest absolute Gasteiger partial charge is 0.193 e. The van der Waals surface area contributed by atoms with Crippen LogP contribution in [0.4, 0.5) is 0 Å². The molecule has 6 heteroatoms. The summed E-state index contributed by atoms with van der Waals surface area (Å²) >= 11 is 0. The zero-order valence-corrected chi connectivity index (χ0v) is 16.9. The van der Waals surface area contributed by atoms with E-state index in [1.807, 2.05) is 32.1 Å². The first-order valence-corrected chi connectivity index (χ1v) is 9.11. The predicted octanol–water partition coefficient (Wildman–Crippen LogP) is 4.46. The van der Waals surface area contributed by atoms with E-state index in [9.17, 15) is 9.90 Å². The van der Waals surface area contributed by atoms with Gasteiger partial charge in [-0.25, -0.2) is 0 Å². The molecule has 2 aromatic carbocycles. The summed E-state index contributed by atoms with van der Waals surface area (Å²) in [7, 11) is 3.00. The summed E-state index contributed by atoms with van der Waals surface area (Å²) in [5, 5.41) is 10.7. The molecule has 0 saturated heterocycles. The van der Waals surface area contributed by atoms with Crippen molar-refractivity contribution in [3.8, 4) is 23.0 Å². The summed E-state index contributed by atoms with van der Waals surface area (Å²) in [5.41, 5.74) is 0.858. The van der Waals surface area contributed by atoms with Crippen molar-refractivity contribution in [2.24, 2.45) is 0 Å². The molecule has 2 aromatic rings. The molecule has 6 nitrogen and oxygen atoms in total. The minimum Gasteiger partial charge on any atom is -0.506 e. The Kier molecular flexibility index (Phi) is 5.94. The zero-order chi connectivity index (χ0) is 21.0. The highest BCUT2D eigenvalue weighted by atomic mass is 16.7. The van der Waals surface area contributed by atoms with Crippen LogP contribution < -0.4 is 14.2 Å². The number of fused-ring (bicyclic) bond motifs is 1. The number of allylic oxidation sites excluding steroid dienone is 1. The van der Waals surface area contributed by atoms with Gasteiger partial charge in [0.15, 0.2) is 12.6 Å². The lowest BCUT2D eigenvalue weighted by molar-refractivity contribution is 0.0511. The number of hydrogen-bond acceptors (Lipinski definition) is 6. The summed E-state index contributed by atoms with van der Waals surface area (Å²) in [6, 6.07) is 8.83. The molecule has 0 atom stereocenters. The first-order valence-electron chi connectivity index (χ1n) is 9.11. The van der Waals surface area contributed by atoms with E-state index >= 15 is 0 Å². The van der Waals surface area contributed by atoms with Gasteiger partial charge in [0.1, 0.15) is 34.2 Å². The average molecular weight is 396 g/mol. The van der Waals surface area contributed by atoms with Crippen LogP contribution in [0.3, 0.4) is 0 Å².